The highest BCUT2D eigenvalue weighted by Crippen LogP contribution is 2.35. The third kappa shape index (κ3) is 7.65. The lowest BCUT2D eigenvalue weighted by molar-refractivity contribution is 0.0167. The van der Waals surface area contributed by atoms with E-state index < -0.39 is 5.92 Å². The van der Waals surface area contributed by atoms with Crippen LogP contribution in [0.3, 0.4) is 0 Å². The summed E-state index contributed by atoms with van der Waals surface area (Å²) >= 11 is 0. The van der Waals surface area contributed by atoms with E-state index in [1.54, 1.807) is 26.2 Å². The molecule has 0 heterocycles. The highest BCUT2D eigenvalue weighted by molar-refractivity contribution is 5.43. The van der Waals surface area contributed by atoms with Crippen LogP contribution < -0.4 is 4.74 Å². The average Bonchev–Trinajstić information content (AvgIpc) is 2.79. The molecular formula is C31H40F2O2. The standard InChI is InChI=1S/C31H40F2O2/c1-9-25(27(10-2)21(4)5)16-24-14-15-28(30(19-24)35-11-3)26(20-34-8)17-23-13-12-22(6)29(18-23)31(7,32)33/h10,12-15,18-19,21,26-27H,1-2,11,16-17,20H2,3-8H3/t26?,27-/m0/s1. The minimum atomic E-state index is -2.88. The van der Waals surface area contributed by atoms with E-state index in [-0.39, 0.29) is 17.4 Å². The van der Waals surface area contributed by atoms with Crippen molar-refractivity contribution in [1.29, 1.82) is 0 Å². The van der Waals surface area contributed by atoms with Gasteiger partial charge in [0.1, 0.15) is 5.75 Å². The molecule has 0 aliphatic rings. The average molecular weight is 483 g/mol. The number of alkyl halides is 2. The predicted molar refractivity (Wildman–Crippen MR) is 142 cm³/mol. The second-order valence-electron chi connectivity index (χ2n) is 9.58. The summed E-state index contributed by atoms with van der Waals surface area (Å²) in [6.45, 7) is 17.8. The Kier molecular flexibility index (Phi) is 10.5. The first-order chi connectivity index (χ1) is 16.5. The van der Waals surface area contributed by atoms with Crippen molar-refractivity contribution in [3.8, 4) is 5.75 Å². The third-order valence-corrected chi connectivity index (χ3v) is 6.44. The number of ether oxygens (including phenoxy) is 2. The van der Waals surface area contributed by atoms with Crippen LogP contribution in [0.25, 0.3) is 0 Å². The lowest BCUT2D eigenvalue weighted by atomic mass is 9.84. The summed E-state index contributed by atoms with van der Waals surface area (Å²) in [5.41, 5.74) is 7.85. The van der Waals surface area contributed by atoms with E-state index in [1.165, 1.54) is 0 Å². The summed E-state index contributed by atoms with van der Waals surface area (Å²) in [5, 5.41) is 0. The van der Waals surface area contributed by atoms with E-state index in [1.807, 2.05) is 19.1 Å². The summed E-state index contributed by atoms with van der Waals surface area (Å²) in [7, 11) is 1.66. The quantitative estimate of drug-likeness (QED) is 0.212. The molecule has 0 N–H and O–H groups in total. The lowest BCUT2D eigenvalue weighted by Gasteiger charge is -2.23. The number of allylic oxidation sites excluding steroid dienone is 2. The van der Waals surface area contributed by atoms with E-state index in [4.69, 9.17) is 9.47 Å². The van der Waals surface area contributed by atoms with Crippen LogP contribution in [0.1, 0.15) is 61.4 Å². The number of rotatable bonds is 13. The van der Waals surface area contributed by atoms with Crippen LogP contribution in [0.4, 0.5) is 8.78 Å². The zero-order valence-corrected chi connectivity index (χ0v) is 22.1. The number of hydrogen-bond donors (Lipinski definition) is 0. The Bertz CT molecular complexity index is 1040. The van der Waals surface area contributed by atoms with E-state index >= 15 is 0 Å². The summed E-state index contributed by atoms with van der Waals surface area (Å²) in [6.07, 6.45) is 3.24. The van der Waals surface area contributed by atoms with Crippen molar-refractivity contribution < 1.29 is 18.3 Å². The Labute approximate surface area is 210 Å². The zero-order valence-electron chi connectivity index (χ0n) is 22.1. The molecule has 0 aromatic heterocycles. The van der Waals surface area contributed by atoms with Gasteiger partial charge in [-0.3, -0.25) is 0 Å². The van der Waals surface area contributed by atoms with Crippen molar-refractivity contribution in [3.05, 3.63) is 94.8 Å². The molecule has 0 radical (unpaired) electrons. The monoisotopic (exact) mass is 482 g/mol. The molecule has 35 heavy (non-hydrogen) atoms. The SMILES string of the molecule is C=C=C(Cc1ccc(C(COC)Cc2ccc(C)c(C(C)(F)F)c2)c(OCC)c1)[C@@H](C=C)C(C)C. The fraction of sp³-hybridized carbons (Fsp3) is 0.452. The molecule has 0 spiro atoms. The van der Waals surface area contributed by atoms with Crippen LogP contribution in [0.5, 0.6) is 5.75 Å². The Morgan fingerprint density at radius 1 is 1.14 bits per heavy atom. The topological polar surface area (TPSA) is 18.5 Å². The van der Waals surface area contributed by atoms with Crippen LogP contribution >= 0.6 is 0 Å². The molecule has 0 aliphatic carbocycles. The molecule has 2 aromatic rings. The maximum Gasteiger partial charge on any atom is 0.270 e. The highest BCUT2D eigenvalue weighted by Gasteiger charge is 2.27. The summed E-state index contributed by atoms with van der Waals surface area (Å²) in [5.74, 6) is -1.52. The molecule has 0 saturated heterocycles. The van der Waals surface area contributed by atoms with Gasteiger partial charge in [-0.15, -0.1) is 12.3 Å². The molecule has 4 heteroatoms. The maximum absolute atomic E-state index is 14.1. The third-order valence-electron chi connectivity index (χ3n) is 6.44. The van der Waals surface area contributed by atoms with E-state index in [9.17, 15) is 8.78 Å². The van der Waals surface area contributed by atoms with Gasteiger partial charge in [0, 0.05) is 37.9 Å². The van der Waals surface area contributed by atoms with Gasteiger partial charge in [0.2, 0.25) is 0 Å². The van der Waals surface area contributed by atoms with E-state index in [0.717, 1.165) is 34.9 Å². The molecule has 2 nitrogen and oxygen atoms in total. The minimum Gasteiger partial charge on any atom is -0.494 e. The molecule has 190 valence electrons. The molecule has 2 aromatic carbocycles. The van der Waals surface area contributed by atoms with Gasteiger partial charge in [-0.2, -0.15) is 0 Å². The van der Waals surface area contributed by atoms with Gasteiger partial charge < -0.3 is 9.47 Å². The molecule has 0 saturated carbocycles. The van der Waals surface area contributed by atoms with Gasteiger partial charge in [0.05, 0.1) is 13.2 Å². The predicted octanol–water partition coefficient (Wildman–Crippen LogP) is 8.19. The second-order valence-corrected chi connectivity index (χ2v) is 9.58. The van der Waals surface area contributed by atoms with Gasteiger partial charge in [0.25, 0.3) is 5.92 Å². The van der Waals surface area contributed by atoms with Gasteiger partial charge in [-0.25, -0.2) is 8.78 Å². The summed E-state index contributed by atoms with van der Waals surface area (Å²) in [4.78, 5) is 0. The number of halogens is 2. The van der Waals surface area contributed by atoms with Gasteiger partial charge in [0.15, 0.2) is 0 Å². The van der Waals surface area contributed by atoms with Crippen LogP contribution in [0.15, 0.2) is 66.9 Å². The van der Waals surface area contributed by atoms with Crippen LogP contribution in [0.2, 0.25) is 0 Å². The molecule has 1 unspecified atom stereocenters. The molecular weight excluding hydrogens is 442 g/mol. The first-order valence-electron chi connectivity index (χ1n) is 12.3. The Balaban J connectivity index is 2.42. The summed E-state index contributed by atoms with van der Waals surface area (Å²) < 4.78 is 39.8. The van der Waals surface area contributed by atoms with Crippen molar-refractivity contribution in [2.75, 3.05) is 20.3 Å². The molecule has 2 atom stereocenters. The molecule has 2 rings (SSSR count). The van der Waals surface area contributed by atoms with Crippen molar-refractivity contribution >= 4 is 0 Å². The first-order valence-corrected chi connectivity index (χ1v) is 12.3. The Morgan fingerprint density at radius 2 is 1.83 bits per heavy atom. The number of methoxy groups -OCH3 is 1. The van der Waals surface area contributed by atoms with Crippen LogP contribution in [-0.4, -0.2) is 20.3 Å². The fourth-order valence-electron chi connectivity index (χ4n) is 4.65. The van der Waals surface area contributed by atoms with Gasteiger partial charge >= 0.3 is 0 Å². The Morgan fingerprint density at radius 3 is 2.37 bits per heavy atom. The second kappa shape index (κ2) is 12.9. The highest BCUT2D eigenvalue weighted by atomic mass is 19.3. The summed E-state index contributed by atoms with van der Waals surface area (Å²) in [6, 6.07) is 11.6. The number of aryl methyl sites for hydroxylation is 1. The van der Waals surface area contributed by atoms with Gasteiger partial charge in [-0.05, 0) is 66.1 Å². The largest absolute Gasteiger partial charge is 0.494 e. The van der Waals surface area contributed by atoms with Crippen molar-refractivity contribution in [1.82, 2.24) is 0 Å². The molecule has 0 amide bonds. The molecule has 0 fully saturated rings. The van der Waals surface area contributed by atoms with E-state index in [2.05, 4.69) is 50.9 Å². The van der Waals surface area contributed by atoms with E-state index in [0.29, 0.717) is 37.5 Å². The van der Waals surface area contributed by atoms with Crippen molar-refractivity contribution in [3.63, 3.8) is 0 Å². The zero-order chi connectivity index (χ0) is 26.2. The fourth-order valence-corrected chi connectivity index (χ4v) is 4.65. The smallest absolute Gasteiger partial charge is 0.270 e. The van der Waals surface area contributed by atoms with Gasteiger partial charge in [-0.1, -0.05) is 50.8 Å². The normalized spacial score (nSPS) is 13.3. The number of hydrogen-bond acceptors (Lipinski definition) is 2. The lowest BCUT2D eigenvalue weighted by Crippen LogP contribution is -2.14. The van der Waals surface area contributed by atoms with Crippen LogP contribution in [-0.2, 0) is 23.5 Å². The maximum atomic E-state index is 14.1. The van der Waals surface area contributed by atoms with Crippen LogP contribution in [0, 0.1) is 18.8 Å². The number of benzene rings is 2. The minimum absolute atomic E-state index is 0.0392. The van der Waals surface area contributed by atoms with Crippen molar-refractivity contribution in [2.45, 2.75) is 59.3 Å². The molecule has 0 bridgehead atoms. The first kappa shape index (κ1) is 28.6. The molecule has 0 aliphatic heterocycles. The van der Waals surface area contributed by atoms with Crippen molar-refractivity contribution in [2.24, 2.45) is 11.8 Å². The Hall–Kier alpha value is -2.68.